The molecule has 0 aromatic rings. The number of hydrogen-bond donors (Lipinski definition) is 4. The third-order valence-corrected chi connectivity index (χ3v) is 5.76. The van der Waals surface area contributed by atoms with E-state index in [4.69, 9.17) is 0 Å². The van der Waals surface area contributed by atoms with Gasteiger partial charge in [-0.15, -0.1) is 0 Å². The van der Waals surface area contributed by atoms with Gasteiger partial charge in [-0.3, -0.25) is 19.2 Å². The Kier molecular flexibility index (Phi) is 10.8. The first-order valence-corrected chi connectivity index (χ1v) is 9.98. The molecule has 0 fully saturated rings. The van der Waals surface area contributed by atoms with Crippen molar-refractivity contribution in [2.45, 2.75) is 85.0 Å². The van der Waals surface area contributed by atoms with Gasteiger partial charge in [0.1, 0.15) is 0 Å². The van der Waals surface area contributed by atoms with Gasteiger partial charge >= 0.3 is 23.9 Å². The van der Waals surface area contributed by atoms with Gasteiger partial charge in [0, 0.05) is 0 Å². The average molecular weight is 402 g/mol. The van der Waals surface area contributed by atoms with E-state index < -0.39 is 47.0 Å². The molecule has 0 aromatic carbocycles. The summed E-state index contributed by atoms with van der Waals surface area (Å²) >= 11 is 0. The van der Waals surface area contributed by atoms with Crippen LogP contribution in [0, 0.1) is 16.7 Å². The molecule has 0 aliphatic heterocycles. The maximum absolute atomic E-state index is 12.6. The summed E-state index contributed by atoms with van der Waals surface area (Å²) in [4.78, 5) is 48.6. The lowest BCUT2D eigenvalue weighted by atomic mass is 9.51. The minimum atomic E-state index is -2.20. The fourth-order valence-electron chi connectivity index (χ4n) is 4.24. The smallest absolute Gasteiger partial charge is 0.311 e. The van der Waals surface area contributed by atoms with Crippen molar-refractivity contribution in [1.82, 2.24) is 0 Å². The van der Waals surface area contributed by atoms with Gasteiger partial charge in [0.15, 0.2) is 0 Å². The topological polar surface area (TPSA) is 149 Å². The van der Waals surface area contributed by atoms with Crippen LogP contribution in [0.3, 0.4) is 0 Å². The Bertz CT molecular complexity index is 548. The Morgan fingerprint density at radius 1 is 0.714 bits per heavy atom. The molecule has 0 amide bonds. The van der Waals surface area contributed by atoms with Crippen molar-refractivity contribution in [3.8, 4) is 0 Å². The predicted octanol–water partition coefficient (Wildman–Crippen LogP) is 3.87. The van der Waals surface area contributed by atoms with Crippen LogP contribution in [0.25, 0.3) is 0 Å². The van der Waals surface area contributed by atoms with Crippen LogP contribution in [-0.2, 0) is 19.2 Å². The van der Waals surface area contributed by atoms with Crippen molar-refractivity contribution in [3.05, 3.63) is 0 Å². The SMILES string of the molecule is CCCCC(CCCC)(C(=O)O)[C@](CCCC)(C(=O)O)[C@H](CC(=O)O)C(=O)O. The van der Waals surface area contributed by atoms with E-state index in [1.807, 2.05) is 13.8 Å². The highest BCUT2D eigenvalue weighted by Gasteiger charge is 2.65. The highest BCUT2D eigenvalue weighted by Crippen LogP contribution is 2.56. The molecule has 8 nitrogen and oxygen atoms in total. The molecule has 4 N–H and O–H groups in total. The third-order valence-electron chi connectivity index (χ3n) is 5.76. The normalized spacial score (nSPS) is 14.8. The largest absolute Gasteiger partial charge is 0.481 e. The Labute approximate surface area is 165 Å². The Balaban J connectivity index is 6.96. The highest BCUT2D eigenvalue weighted by atomic mass is 16.4. The fourth-order valence-corrected chi connectivity index (χ4v) is 4.24. The van der Waals surface area contributed by atoms with Gasteiger partial charge in [-0.05, 0) is 19.3 Å². The Hall–Kier alpha value is -2.12. The van der Waals surface area contributed by atoms with Crippen LogP contribution in [0.1, 0.15) is 85.0 Å². The summed E-state index contributed by atoms with van der Waals surface area (Å²) in [5, 5.41) is 39.5. The molecule has 0 rings (SSSR count). The second-order valence-corrected chi connectivity index (χ2v) is 7.46. The summed E-state index contributed by atoms with van der Waals surface area (Å²) in [5.41, 5.74) is -4.05. The second kappa shape index (κ2) is 11.7. The van der Waals surface area contributed by atoms with Crippen LogP contribution in [0.4, 0.5) is 0 Å². The van der Waals surface area contributed by atoms with E-state index in [2.05, 4.69) is 0 Å². The summed E-state index contributed by atoms with van der Waals surface area (Å²) in [7, 11) is 0. The van der Waals surface area contributed by atoms with E-state index >= 15 is 0 Å². The number of carboxylic acids is 4. The molecule has 0 saturated heterocycles. The molecule has 0 aromatic heterocycles. The summed E-state index contributed by atoms with van der Waals surface area (Å²) in [6, 6.07) is 0. The second-order valence-electron chi connectivity index (χ2n) is 7.46. The van der Waals surface area contributed by atoms with Crippen molar-refractivity contribution in [2.24, 2.45) is 16.7 Å². The molecule has 8 heteroatoms. The summed E-state index contributed by atoms with van der Waals surface area (Å²) < 4.78 is 0. The zero-order valence-corrected chi connectivity index (χ0v) is 17.1. The van der Waals surface area contributed by atoms with Gasteiger partial charge in [0.25, 0.3) is 0 Å². The van der Waals surface area contributed by atoms with Gasteiger partial charge in [-0.25, -0.2) is 0 Å². The van der Waals surface area contributed by atoms with Crippen molar-refractivity contribution >= 4 is 23.9 Å². The van der Waals surface area contributed by atoms with Crippen molar-refractivity contribution in [3.63, 3.8) is 0 Å². The minimum absolute atomic E-state index is 0.00174. The summed E-state index contributed by atoms with van der Waals surface area (Å²) in [6.45, 7) is 5.47. The highest BCUT2D eigenvalue weighted by molar-refractivity contribution is 5.92. The number of aliphatic carboxylic acids is 4. The van der Waals surface area contributed by atoms with E-state index in [0.717, 1.165) is 0 Å². The molecule has 0 bridgehead atoms. The van der Waals surface area contributed by atoms with Crippen LogP contribution in [-0.4, -0.2) is 44.3 Å². The Morgan fingerprint density at radius 3 is 1.43 bits per heavy atom. The van der Waals surface area contributed by atoms with Gasteiger partial charge < -0.3 is 20.4 Å². The molecule has 0 spiro atoms. The maximum atomic E-state index is 12.6. The van der Waals surface area contributed by atoms with Gasteiger partial charge in [0.05, 0.1) is 23.2 Å². The van der Waals surface area contributed by atoms with E-state index in [1.54, 1.807) is 6.92 Å². The molecular weight excluding hydrogens is 368 g/mol. The van der Waals surface area contributed by atoms with E-state index in [0.29, 0.717) is 38.5 Å². The first kappa shape index (κ1) is 25.9. The maximum Gasteiger partial charge on any atom is 0.311 e. The van der Waals surface area contributed by atoms with Gasteiger partial charge in [-0.2, -0.15) is 0 Å². The molecule has 0 aliphatic rings. The summed E-state index contributed by atoms with van der Waals surface area (Å²) in [6.07, 6.45) is 1.75. The van der Waals surface area contributed by atoms with E-state index in [9.17, 15) is 39.6 Å². The molecule has 162 valence electrons. The van der Waals surface area contributed by atoms with Crippen molar-refractivity contribution < 1.29 is 39.6 Å². The van der Waals surface area contributed by atoms with Gasteiger partial charge in [0.2, 0.25) is 0 Å². The van der Waals surface area contributed by atoms with Crippen LogP contribution in [0.15, 0.2) is 0 Å². The zero-order chi connectivity index (χ0) is 22.0. The minimum Gasteiger partial charge on any atom is -0.481 e. The molecule has 0 heterocycles. The number of carboxylic acid groups (broad SMARTS) is 4. The zero-order valence-electron chi connectivity index (χ0n) is 17.1. The number of unbranched alkanes of at least 4 members (excludes halogenated alkanes) is 3. The molecule has 28 heavy (non-hydrogen) atoms. The van der Waals surface area contributed by atoms with Crippen molar-refractivity contribution in [2.75, 3.05) is 0 Å². The molecular formula is C20H34O8. The lowest BCUT2D eigenvalue weighted by Gasteiger charge is -2.48. The number of carbonyl (C=O) groups is 4. The van der Waals surface area contributed by atoms with E-state index in [1.165, 1.54) is 0 Å². The lowest BCUT2D eigenvalue weighted by molar-refractivity contribution is -0.192. The lowest BCUT2D eigenvalue weighted by Crippen LogP contribution is -2.59. The molecule has 0 aliphatic carbocycles. The standard InChI is InChI=1S/C20H34O8/c1-4-7-10-19(17(25)26,11-8-5-2)20(18(27)28,12-9-6-3)14(16(23)24)13-15(21)22/h14H,4-13H2,1-3H3,(H,21,22)(H,23,24)(H,25,26)(H,27,28)/t14-,20+/m1/s1. The summed E-state index contributed by atoms with van der Waals surface area (Å²) in [5.74, 6) is -7.77. The fraction of sp³-hybridized carbons (Fsp3) is 0.800. The quantitative estimate of drug-likeness (QED) is 0.304. The third kappa shape index (κ3) is 5.45. The van der Waals surface area contributed by atoms with Crippen LogP contribution >= 0.6 is 0 Å². The van der Waals surface area contributed by atoms with Gasteiger partial charge in [-0.1, -0.05) is 59.3 Å². The monoisotopic (exact) mass is 402 g/mol. The first-order chi connectivity index (χ1) is 13.1. The molecule has 0 unspecified atom stereocenters. The predicted molar refractivity (Wildman–Crippen MR) is 102 cm³/mol. The number of hydrogen-bond acceptors (Lipinski definition) is 4. The van der Waals surface area contributed by atoms with Crippen LogP contribution in [0.5, 0.6) is 0 Å². The van der Waals surface area contributed by atoms with Crippen molar-refractivity contribution in [1.29, 1.82) is 0 Å². The van der Waals surface area contributed by atoms with E-state index in [-0.39, 0.29) is 19.3 Å². The average Bonchev–Trinajstić information content (AvgIpc) is 2.61. The first-order valence-electron chi connectivity index (χ1n) is 9.98. The van der Waals surface area contributed by atoms with Crippen LogP contribution < -0.4 is 0 Å². The molecule has 2 atom stereocenters. The molecule has 0 saturated carbocycles. The molecule has 0 radical (unpaired) electrons. The number of rotatable bonds is 16. The van der Waals surface area contributed by atoms with Crippen LogP contribution in [0.2, 0.25) is 0 Å². The Morgan fingerprint density at radius 2 is 1.14 bits per heavy atom.